The van der Waals surface area contributed by atoms with Crippen LogP contribution in [-0.4, -0.2) is 30.2 Å². The summed E-state index contributed by atoms with van der Waals surface area (Å²) in [6.07, 6.45) is 1.83. The van der Waals surface area contributed by atoms with Gasteiger partial charge in [0.1, 0.15) is 0 Å². The van der Waals surface area contributed by atoms with Crippen LogP contribution in [0.4, 0.5) is 0 Å². The molecule has 0 spiro atoms. The minimum absolute atomic E-state index is 0.0282. The van der Waals surface area contributed by atoms with Crippen LogP contribution in [0, 0.1) is 0 Å². The van der Waals surface area contributed by atoms with E-state index in [1.165, 1.54) is 0 Å². The third-order valence-electron chi connectivity index (χ3n) is 2.36. The van der Waals surface area contributed by atoms with Gasteiger partial charge < -0.3 is 5.11 Å². The van der Waals surface area contributed by atoms with Gasteiger partial charge in [0, 0.05) is 11.0 Å². The minimum atomic E-state index is 0.0282. The molecule has 0 aliphatic carbocycles. The molecule has 1 N–H and O–H groups in total. The molecule has 0 bridgehead atoms. The zero-order chi connectivity index (χ0) is 11.3. The molecule has 1 aromatic rings. The average Bonchev–Trinajstić information content (AvgIpc) is 2.19. The van der Waals surface area contributed by atoms with Gasteiger partial charge in [-0.25, -0.2) is 0 Å². The summed E-state index contributed by atoms with van der Waals surface area (Å²) in [6, 6.07) is 8.03. The van der Waals surface area contributed by atoms with Crippen LogP contribution in [0.2, 0.25) is 0 Å². The van der Waals surface area contributed by atoms with Crippen molar-refractivity contribution in [2.24, 2.45) is 0 Å². The molecule has 0 saturated carbocycles. The van der Waals surface area contributed by atoms with Crippen molar-refractivity contribution in [3.05, 3.63) is 47.0 Å². The lowest BCUT2D eigenvalue weighted by molar-refractivity contribution is 0.159. The summed E-state index contributed by atoms with van der Waals surface area (Å²) in [5, 5.41) is 9.38. The van der Waals surface area contributed by atoms with Gasteiger partial charge in [0.25, 0.3) is 0 Å². The van der Waals surface area contributed by atoms with Crippen molar-refractivity contribution in [3.8, 4) is 0 Å². The fourth-order valence-corrected chi connectivity index (χ4v) is 1.96. The van der Waals surface area contributed by atoms with E-state index in [9.17, 15) is 5.11 Å². The van der Waals surface area contributed by atoms with E-state index in [1.54, 1.807) is 0 Å². The summed E-state index contributed by atoms with van der Waals surface area (Å²) in [7, 11) is 1.98. The van der Waals surface area contributed by atoms with E-state index >= 15 is 0 Å². The Morgan fingerprint density at radius 1 is 1.60 bits per heavy atom. The van der Waals surface area contributed by atoms with E-state index in [1.807, 2.05) is 37.4 Å². The molecule has 0 aromatic heterocycles. The van der Waals surface area contributed by atoms with Gasteiger partial charge in [0.2, 0.25) is 0 Å². The zero-order valence-corrected chi connectivity index (χ0v) is 10.4. The van der Waals surface area contributed by atoms with Crippen molar-refractivity contribution in [1.29, 1.82) is 0 Å². The lowest BCUT2D eigenvalue weighted by Gasteiger charge is -2.25. The van der Waals surface area contributed by atoms with Crippen LogP contribution in [0.15, 0.2) is 41.4 Å². The van der Waals surface area contributed by atoms with E-state index in [0.29, 0.717) is 0 Å². The minimum Gasteiger partial charge on any atom is -0.394 e. The highest BCUT2D eigenvalue weighted by Crippen LogP contribution is 2.21. The normalized spacial score (nSPS) is 12.8. The predicted molar refractivity (Wildman–Crippen MR) is 66.8 cm³/mol. The maximum atomic E-state index is 9.38. The highest BCUT2D eigenvalue weighted by Gasteiger charge is 2.14. The maximum absolute atomic E-state index is 9.38. The Morgan fingerprint density at radius 2 is 2.33 bits per heavy atom. The summed E-state index contributed by atoms with van der Waals surface area (Å²) in [4.78, 5) is 2.06. The molecule has 2 nitrogen and oxygen atoms in total. The Kier molecular flexibility index (Phi) is 5.02. The zero-order valence-electron chi connectivity index (χ0n) is 8.86. The molecule has 0 fully saturated rings. The number of aliphatic hydroxyl groups excluding tert-OH is 1. The van der Waals surface area contributed by atoms with Gasteiger partial charge in [-0.05, 0) is 24.7 Å². The van der Waals surface area contributed by atoms with Gasteiger partial charge in [-0.2, -0.15) is 0 Å². The molecule has 3 heteroatoms. The second-order valence-electron chi connectivity index (χ2n) is 3.48. The summed E-state index contributed by atoms with van der Waals surface area (Å²) in [6.45, 7) is 4.57. The lowest BCUT2D eigenvalue weighted by atomic mass is 10.1. The molecule has 15 heavy (non-hydrogen) atoms. The number of benzene rings is 1. The molecule has 1 rings (SSSR count). The summed E-state index contributed by atoms with van der Waals surface area (Å²) in [5.41, 5.74) is 1.11. The van der Waals surface area contributed by atoms with Crippen molar-refractivity contribution >= 4 is 15.9 Å². The van der Waals surface area contributed by atoms with Gasteiger partial charge in [0.15, 0.2) is 0 Å². The molecule has 82 valence electrons. The van der Waals surface area contributed by atoms with Crippen molar-refractivity contribution < 1.29 is 5.11 Å². The van der Waals surface area contributed by atoms with Gasteiger partial charge in [-0.15, -0.1) is 6.58 Å². The number of likely N-dealkylation sites (N-methyl/N-ethyl adjacent to an activating group) is 1. The van der Waals surface area contributed by atoms with Crippen molar-refractivity contribution in [2.75, 3.05) is 20.2 Å². The first-order valence-corrected chi connectivity index (χ1v) is 5.65. The van der Waals surface area contributed by atoms with E-state index < -0.39 is 0 Å². The van der Waals surface area contributed by atoms with E-state index in [0.717, 1.165) is 16.6 Å². The maximum Gasteiger partial charge on any atom is 0.0628 e. The molecule has 0 unspecified atom stereocenters. The third kappa shape index (κ3) is 3.45. The van der Waals surface area contributed by atoms with Crippen LogP contribution in [0.1, 0.15) is 11.6 Å². The molecule has 0 saturated heterocycles. The van der Waals surface area contributed by atoms with Crippen LogP contribution >= 0.6 is 15.9 Å². The molecular formula is C12H16BrNO. The highest BCUT2D eigenvalue weighted by molar-refractivity contribution is 9.10. The Bertz CT molecular complexity index is 327. The second kappa shape index (κ2) is 6.05. The predicted octanol–water partition coefficient (Wildman–Crippen LogP) is 2.60. The smallest absolute Gasteiger partial charge is 0.0628 e. The monoisotopic (exact) mass is 269 g/mol. The Balaban J connectivity index is 2.86. The largest absolute Gasteiger partial charge is 0.394 e. The van der Waals surface area contributed by atoms with Gasteiger partial charge in [0.05, 0.1) is 12.6 Å². The number of hydrogen-bond acceptors (Lipinski definition) is 2. The second-order valence-corrected chi connectivity index (χ2v) is 4.40. The molecule has 0 radical (unpaired) electrons. The van der Waals surface area contributed by atoms with Crippen LogP contribution in [-0.2, 0) is 0 Å². The SMILES string of the molecule is C=CCN(C)[C@H](CO)c1cccc(Br)c1. The average molecular weight is 270 g/mol. The molecule has 0 amide bonds. The first-order valence-electron chi connectivity index (χ1n) is 4.86. The molecule has 0 aliphatic heterocycles. The summed E-state index contributed by atoms with van der Waals surface area (Å²) < 4.78 is 1.03. The number of halogens is 1. The van der Waals surface area contributed by atoms with Crippen LogP contribution in [0.5, 0.6) is 0 Å². The number of rotatable bonds is 5. The molecule has 1 aromatic carbocycles. The van der Waals surface area contributed by atoms with Crippen molar-refractivity contribution in [2.45, 2.75) is 6.04 Å². The Hall–Kier alpha value is -0.640. The van der Waals surface area contributed by atoms with Crippen molar-refractivity contribution in [3.63, 3.8) is 0 Å². The van der Waals surface area contributed by atoms with E-state index in [4.69, 9.17) is 0 Å². The fourth-order valence-electron chi connectivity index (χ4n) is 1.54. The standard InChI is InChI=1S/C12H16BrNO/c1-3-7-14(2)12(9-15)10-5-4-6-11(13)8-10/h3-6,8,12,15H,1,7,9H2,2H3/t12-/m1/s1. The first kappa shape index (κ1) is 12.4. The van der Waals surface area contributed by atoms with E-state index in [2.05, 4.69) is 27.4 Å². The molecular weight excluding hydrogens is 254 g/mol. The lowest BCUT2D eigenvalue weighted by Crippen LogP contribution is -2.27. The fraction of sp³-hybridized carbons (Fsp3) is 0.333. The number of hydrogen-bond donors (Lipinski definition) is 1. The third-order valence-corrected chi connectivity index (χ3v) is 2.85. The topological polar surface area (TPSA) is 23.5 Å². The van der Waals surface area contributed by atoms with E-state index in [-0.39, 0.29) is 12.6 Å². The Labute approximate surface area is 99.4 Å². The van der Waals surface area contributed by atoms with Gasteiger partial charge in [-0.3, -0.25) is 4.90 Å². The van der Waals surface area contributed by atoms with Crippen LogP contribution in [0.25, 0.3) is 0 Å². The molecule has 0 aliphatic rings. The van der Waals surface area contributed by atoms with Crippen molar-refractivity contribution in [1.82, 2.24) is 4.90 Å². The summed E-state index contributed by atoms with van der Waals surface area (Å²) >= 11 is 3.43. The van der Waals surface area contributed by atoms with Crippen LogP contribution < -0.4 is 0 Å². The first-order chi connectivity index (χ1) is 7.19. The summed E-state index contributed by atoms with van der Waals surface area (Å²) in [5.74, 6) is 0. The quantitative estimate of drug-likeness (QED) is 0.831. The van der Waals surface area contributed by atoms with Gasteiger partial charge >= 0.3 is 0 Å². The Morgan fingerprint density at radius 3 is 2.87 bits per heavy atom. The number of aliphatic hydroxyl groups is 1. The van der Waals surface area contributed by atoms with Gasteiger partial charge in [-0.1, -0.05) is 34.1 Å². The van der Waals surface area contributed by atoms with Crippen LogP contribution in [0.3, 0.4) is 0 Å². The number of nitrogens with zero attached hydrogens (tertiary/aromatic N) is 1. The molecule has 0 heterocycles. The highest BCUT2D eigenvalue weighted by atomic mass is 79.9. The molecule has 1 atom stereocenters.